The third-order valence-corrected chi connectivity index (χ3v) is 6.76. The monoisotopic (exact) mass is 466 g/mol. The molecule has 162 valence electrons. The average molecular weight is 467 g/mol. The number of Topliss-reactive ketones (excluding diaryl/α,β-unsaturated/α-hetero) is 1. The lowest BCUT2D eigenvalue weighted by molar-refractivity contribution is -0.116. The van der Waals surface area contributed by atoms with Crippen LogP contribution in [0.25, 0.3) is 0 Å². The Hall–Kier alpha value is -3.10. The number of carbonyl (C=O) groups excluding carboxylic acids is 1. The highest BCUT2D eigenvalue weighted by Crippen LogP contribution is 2.40. The first kappa shape index (κ1) is 20.8. The molecule has 1 aliphatic heterocycles. The van der Waals surface area contributed by atoms with E-state index in [1.54, 1.807) is 28.9 Å². The number of thioether (sulfide) groups is 1. The van der Waals surface area contributed by atoms with Crippen molar-refractivity contribution in [3.8, 4) is 0 Å². The van der Waals surface area contributed by atoms with E-state index in [1.807, 2.05) is 24.3 Å². The average Bonchev–Trinajstić information content (AvgIpc) is 3.20. The lowest BCUT2D eigenvalue weighted by atomic mass is 9.85. The minimum absolute atomic E-state index is 0.132. The maximum Gasteiger partial charge on any atom is 0.335 e. The van der Waals surface area contributed by atoms with Gasteiger partial charge in [-0.1, -0.05) is 47.6 Å². The first-order valence-electron chi connectivity index (χ1n) is 10.2. The Morgan fingerprint density at radius 2 is 1.91 bits per heavy atom. The number of fused-ring (bicyclic) bond motifs is 1. The van der Waals surface area contributed by atoms with Gasteiger partial charge < -0.3 is 10.4 Å². The maximum absolute atomic E-state index is 12.8. The van der Waals surface area contributed by atoms with E-state index in [-0.39, 0.29) is 17.4 Å². The van der Waals surface area contributed by atoms with Gasteiger partial charge in [-0.05, 0) is 48.2 Å². The second-order valence-corrected chi connectivity index (χ2v) is 9.08. The molecule has 0 bridgehead atoms. The summed E-state index contributed by atoms with van der Waals surface area (Å²) < 4.78 is 1.78. The number of hydrogen-bond donors (Lipinski definition) is 2. The number of halogens is 1. The molecule has 0 fully saturated rings. The summed E-state index contributed by atoms with van der Waals surface area (Å²) in [5, 5.41) is 18.3. The number of hydrogen-bond acceptors (Lipinski definition) is 6. The molecule has 0 radical (unpaired) electrons. The molecule has 0 spiro atoms. The van der Waals surface area contributed by atoms with Crippen molar-refractivity contribution in [3.63, 3.8) is 0 Å². The molecule has 2 N–H and O–H groups in total. The number of nitrogens with one attached hydrogen (secondary N) is 1. The zero-order valence-corrected chi connectivity index (χ0v) is 18.5. The van der Waals surface area contributed by atoms with Gasteiger partial charge in [0, 0.05) is 28.5 Å². The lowest BCUT2D eigenvalue weighted by Crippen LogP contribution is -2.31. The highest BCUT2D eigenvalue weighted by Gasteiger charge is 2.36. The van der Waals surface area contributed by atoms with Crippen LogP contribution in [0.15, 0.2) is 65.0 Å². The first-order valence-corrected chi connectivity index (χ1v) is 11.6. The molecule has 7 nitrogen and oxygen atoms in total. The quantitative estimate of drug-likeness (QED) is 0.514. The van der Waals surface area contributed by atoms with Crippen LogP contribution in [0.4, 0.5) is 5.95 Å². The van der Waals surface area contributed by atoms with E-state index in [4.69, 9.17) is 21.8 Å². The minimum Gasteiger partial charge on any atom is -0.478 e. The van der Waals surface area contributed by atoms with Crippen LogP contribution in [-0.2, 0) is 10.5 Å². The second-order valence-electron chi connectivity index (χ2n) is 7.70. The molecule has 2 aliphatic rings. The number of allylic oxidation sites excluding steroid dienone is 2. The number of aromatic nitrogens is 3. The van der Waals surface area contributed by atoms with Gasteiger partial charge in [-0.25, -0.2) is 9.48 Å². The molecule has 2 heterocycles. The summed E-state index contributed by atoms with van der Waals surface area (Å²) in [4.78, 5) is 28.5. The Labute approximate surface area is 193 Å². The lowest BCUT2D eigenvalue weighted by Gasteiger charge is -2.32. The molecular weight excluding hydrogens is 448 g/mol. The van der Waals surface area contributed by atoms with E-state index in [0.717, 1.165) is 35.2 Å². The Bertz CT molecular complexity index is 1240. The van der Waals surface area contributed by atoms with Crippen molar-refractivity contribution in [1.29, 1.82) is 0 Å². The zero-order chi connectivity index (χ0) is 22.2. The van der Waals surface area contributed by atoms with E-state index in [9.17, 15) is 9.59 Å². The highest BCUT2D eigenvalue weighted by molar-refractivity contribution is 7.98. The smallest absolute Gasteiger partial charge is 0.335 e. The van der Waals surface area contributed by atoms with E-state index < -0.39 is 5.97 Å². The fourth-order valence-corrected chi connectivity index (χ4v) is 4.95. The van der Waals surface area contributed by atoms with Crippen LogP contribution in [0.2, 0.25) is 5.02 Å². The van der Waals surface area contributed by atoms with Crippen LogP contribution in [0.5, 0.6) is 0 Å². The molecule has 0 amide bonds. The topological polar surface area (TPSA) is 97.1 Å². The SMILES string of the molecule is O=C1CCCC2=C1[C@@H](c1ccc(Cl)cc1)n1nc(SCc3ccc(C(=O)O)cc3)nc1N2. The van der Waals surface area contributed by atoms with Gasteiger partial charge in [0.2, 0.25) is 11.1 Å². The van der Waals surface area contributed by atoms with Crippen molar-refractivity contribution in [2.45, 2.75) is 36.2 Å². The van der Waals surface area contributed by atoms with Gasteiger partial charge in [0.25, 0.3) is 0 Å². The molecule has 5 rings (SSSR count). The third kappa shape index (κ3) is 3.91. The van der Waals surface area contributed by atoms with Crippen molar-refractivity contribution in [2.75, 3.05) is 5.32 Å². The van der Waals surface area contributed by atoms with Crippen molar-refractivity contribution < 1.29 is 14.7 Å². The largest absolute Gasteiger partial charge is 0.478 e. The van der Waals surface area contributed by atoms with Gasteiger partial charge in [0.1, 0.15) is 6.04 Å². The van der Waals surface area contributed by atoms with E-state index in [1.165, 1.54) is 11.8 Å². The second kappa shape index (κ2) is 8.44. The minimum atomic E-state index is -0.946. The van der Waals surface area contributed by atoms with Gasteiger partial charge in [-0.15, -0.1) is 5.10 Å². The maximum atomic E-state index is 12.8. The number of nitrogens with zero attached hydrogens (tertiary/aromatic N) is 3. The standard InChI is InChI=1S/C23H19ClN4O3S/c24-16-10-8-14(9-11-16)20-19-17(2-1-3-18(19)29)25-22-26-23(27-28(20)22)32-12-13-4-6-15(7-5-13)21(30)31/h4-11,20H,1-3,12H2,(H,30,31)(H,25,26,27)/t20-/m1/s1. The van der Waals surface area contributed by atoms with Crippen LogP contribution in [0.3, 0.4) is 0 Å². The van der Waals surface area contributed by atoms with Crippen molar-refractivity contribution in [1.82, 2.24) is 14.8 Å². The number of rotatable bonds is 5. The third-order valence-electron chi connectivity index (χ3n) is 5.60. The number of carboxylic acid groups (broad SMARTS) is 1. The first-order chi connectivity index (χ1) is 15.5. The summed E-state index contributed by atoms with van der Waals surface area (Å²) in [6.45, 7) is 0. The number of aromatic carboxylic acids is 1. The number of anilines is 1. The Morgan fingerprint density at radius 3 is 2.62 bits per heavy atom. The van der Waals surface area contributed by atoms with E-state index in [0.29, 0.717) is 28.3 Å². The number of ketones is 1. The predicted octanol–water partition coefficient (Wildman–Crippen LogP) is 4.94. The van der Waals surface area contributed by atoms with Crippen LogP contribution >= 0.6 is 23.4 Å². The van der Waals surface area contributed by atoms with Crippen LogP contribution < -0.4 is 5.32 Å². The zero-order valence-electron chi connectivity index (χ0n) is 16.9. The molecule has 1 atom stereocenters. The Kier molecular flexibility index (Phi) is 5.48. The van der Waals surface area contributed by atoms with Crippen LogP contribution in [-0.4, -0.2) is 31.6 Å². The van der Waals surface area contributed by atoms with Gasteiger partial charge in [-0.3, -0.25) is 4.79 Å². The molecule has 3 aromatic rings. The fourth-order valence-electron chi connectivity index (χ4n) is 4.04. The van der Waals surface area contributed by atoms with Crippen molar-refractivity contribution in [3.05, 3.63) is 81.5 Å². The summed E-state index contributed by atoms with van der Waals surface area (Å²) in [5.74, 6) is 0.397. The number of carboxylic acids is 1. The summed E-state index contributed by atoms with van der Waals surface area (Å²) in [6.07, 6.45) is 2.15. The predicted molar refractivity (Wildman–Crippen MR) is 122 cm³/mol. The van der Waals surface area contributed by atoms with Gasteiger partial charge >= 0.3 is 5.97 Å². The molecular formula is C23H19ClN4O3S. The molecule has 1 aromatic heterocycles. The summed E-state index contributed by atoms with van der Waals surface area (Å²) in [6, 6.07) is 13.9. The fraction of sp³-hybridized carbons (Fsp3) is 0.217. The van der Waals surface area contributed by atoms with Crippen LogP contribution in [0, 0.1) is 0 Å². The molecule has 2 aromatic carbocycles. The van der Waals surface area contributed by atoms with Gasteiger partial charge in [0.05, 0.1) is 5.56 Å². The molecule has 9 heteroatoms. The number of carbonyl (C=O) groups is 2. The van der Waals surface area contributed by atoms with Gasteiger partial charge in [0.15, 0.2) is 5.78 Å². The normalized spacial score (nSPS) is 17.5. The molecule has 0 unspecified atom stereocenters. The summed E-state index contributed by atoms with van der Waals surface area (Å²) >= 11 is 7.55. The molecule has 0 saturated heterocycles. The molecule has 1 aliphatic carbocycles. The van der Waals surface area contributed by atoms with Crippen LogP contribution in [0.1, 0.15) is 46.8 Å². The van der Waals surface area contributed by atoms with E-state index in [2.05, 4.69) is 10.3 Å². The highest BCUT2D eigenvalue weighted by atomic mass is 35.5. The van der Waals surface area contributed by atoms with Crippen molar-refractivity contribution in [2.24, 2.45) is 0 Å². The van der Waals surface area contributed by atoms with E-state index >= 15 is 0 Å². The summed E-state index contributed by atoms with van der Waals surface area (Å²) in [5.41, 5.74) is 3.83. The Morgan fingerprint density at radius 1 is 1.16 bits per heavy atom. The van der Waals surface area contributed by atoms with Gasteiger partial charge in [-0.2, -0.15) is 4.98 Å². The molecule has 0 saturated carbocycles. The van der Waals surface area contributed by atoms with Crippen molar-refractivity contribution >= 4 is 41.1 Å². The number of benzene rings is 2. The Balaban J connectivity index is 1.45. The molecule has 32 heavy (non-hydrogen) atoms. The summed E-state index contributed by atoms with van der Waals surface area (Å²) in [7, 11) is 0.